The molecule has 0 N–H and O–H groups in total. The van der Waals surface area contributed by atoms with E-state index in [1.807, 2.05) is 24.3 Å². The molecule has 1 aliphatic carbocycles. The van der Waals surface area contributed by atoms with E-state index in [2.05, 4.69) is 4.98 Å². The van der Waals surface area contributed by atoms with Crippen LogP contribution in [0, 0.1) is 0 Å². The van der Waals surface area contributed by atoms with Gasteiger partial charge in [0.2, 0.25) is 5.91 Å². The predicted molar refractivity (Wildman–Crippen MR) is 115 cm³/mol. The van der Waals surface area contributed by atoms with Crippen LogP contribution in [-0.2, 0) is 30.7 Å². The van der Waals surface area contributed by atoms with Crippen molar-refractivity contribution >= 4 is 27.5 Å². The van der Waals surface area contributed by atoms with Crippen molar-refractivity contribution < 1.29 is 9.53 Å². The highest BCUT2D eigenvalue weighted by Crippen LogP contribution is 2.33. The minimum absolute atomic E-state index is 0.00726. The van der Waals surface area contributed by atoms with Gasteiger partial charge >= 0.3 is 0 Å². The molecule has 0 unspecified atom stereocenters. The molecular weight excluding hydrogens is 386 g/mol. The van der Waals surface area contributed by atoms with Gasteiger partial charge in [0.05, 0.1) is 18.8 Å². The number of hydrogen-bond acceptors (Lipinski definition) is 5. The summed E-state index contributed by atoms with van der Waals surface area (Å²) < 4.78 is 6.82. The Kier molecular flexibility index (Phi) is 5.67. The highest BCUT2D eigenvalue weighted by atomic mass is 32.1. The van der Waals surface area contributed by atoms with Crippen LogP contribution in [0.1, 0.15) is 35.3 Å². The lowest BCUT2D eigenvalue weighted by atomic mass is 9.97. The van der Waals surface area contributed by atoms with Gasteiger partial charge in [-0.2, -0.15) is 0 Å². The van der Waals surface area contributed by atoms with Crippen LogP contribution in [0.5, 0.6) is 5.75 Å². The lowest BCUT2D eigenvalue weighted by Crippen LogP contribution is -2.29. The summed E-state index contributed by atoms with van der Waals surface area (Å²) >= 11 is 1.65. The van der Waals surface area contributed by atoms with E-state index < -0.39 is 0 Å². The number of amides is 1. The summed E-state index contributed by atoms with van der Waals surface area (Å²) in [5.41, 5.74) is 2.17. The standard InChI is InChI=1S/C22H25N3O3S/c1-24(13-15-6-5-7-16(12-15)28-2)19(26)10-11-25-14-23-21-20(22(25)27)17-8-3-4-9-18(17)29-21/h5-7,12,14H,3-4,8-11,13H2,1-2H3. The van der Waals surface area contributed by atoms with Crippen LogP contribution in [0.2, 0.25) is 0 Å². The first-order valence-corrected chi connectivity index (χ1v) is 10.7. The van der Waals surface area contributed by atoms with E-state index in [4.69, 9.17) is 4.74 Å². The number of aryl methyl sites for hydroxylation is 3. The van der Waals surface area contributed by atoms with Crippen molar-refractivity contribution in [3.05, 3.63) is 57.0 Å². The second kappa shape index (κ2) is 8.37. The summed E-state index contributed by atoms with van der Waals surface area (Å²) in [4.78, 5) is 33.9. The topological polar surface area (TPSA) is 64.4 Å². The van der Waals surface area contributed by atoms with Gasteiger partial charge < -0.3 is 9.64 Å². The van der Waals surface area contributed by atoms with Crippen molar-refractivity contribution in [2.45, 2.75) is 45.2 Å². The summed E-state index contributed by atoms with van der Waals surface area (Å²) in [5, 5.41) is 0.768. The van der Waals surface area contributed by atoms with E-state index in [0.717, 1.165) is 40.8 Å². The van der Waals surface area contributed by atoms with Gasteiger partial charge in [0.15, 0.2) is 0 Å². The van der Waals surface area contributed by atoms with E-state index in [-0.39, 0.29) is 17.9 Å². The van der Waals surface area contributed by atoms with Gasteiger partial charge in [-0.1, -0.05) is 12.1 Å². The van der Waals surface area contributed by atoms with Crippen LogP contribution in [0.4, 0.5) is 0 Å². The Labute approximate surface area is 173 Å². The highest BCUT2D eigenvalue weighted by Gasteiger charge is 2.20. The molecule has 0 saturated heterocycles. The fraction of sp³-hybridized carbons (Fsp3) is 0.409. The maximum Gasteiger partial charge on any atom is 0.262 e. The van der Waals surface area contributed by atoms with Crippen LogP contribution < -0.4 is 10.3 Å². The molecule has 7 heteroatoms. The van der Waals surface area contributed by atoms with E-state index in [1.165, 1.54) is 16.9 Å². The average Bonchev–Trinajstić information content (AvgIpc) is 3.12. The molecule has 2 aromatic heterocycles. The smallest absolute Gasteiger partial charge is 0.262 e. The number of carbonyl (C=O) groups is 1. The number of ether oxygens (including phenoxy) is 1. The number of aromatic nitrogens is 2. The quantitative estimate of drug-likeness (QED) is 0.624. The Morgan fingerprint density at radius 3 is 2.97 bits per heavy atom. The van der Waals surface area contributed by atoms with Gasteiger partial charge in [0.1, 0.15) is 10.6 Å². The van der Waals surface area contributed by atoms with E-state index in [1.54, 1.807) is 41.3 Å². The third-order valence-corrected chi connectivity index (χ3v) is 6.69. The molecule has 0 fully saturated rings. The summed E-state index contributed by atoms with van der Waals surface area (Å²) in [6.45, 7) is 0.841. The van der Waals surface area contributed by atoms with Gasteiger partial charge in [0.25, 0.3) is 5.56 Å². The predicted octanol–water partition coefficient (Wildman–Crippen LogP) is 3.39. The Morgan fingerprint density at radius 1 is 1.31 bits per heavy atom. The maximum atomic E-state index is 13.0. The minimum atomic E-state index is -0.0161. The lowest BCUT2D eigenvalue weighted by Gasteiger charge is -2.18. The Bertz CT molecular complexity index is 1100. The third-order valence-electron chi connectivity index (χ3n) is 5.49. The zero-order valence-electron chi connectivity index (χ0n) is 16.8. The molecule has 2 heterocycles. The second-order valence-electron chi connectivity index (χ2n) is 7.49. The molecule has 1 aliphatic rings. The van der Waals surface area contributed by atoms with Gasteiger partial charge in [-0.05, 0) is 48.9 Å². The Morgan fingerprint density at radius 2 is 2.14 bits per heavy atom. The second-order valence-corrected chi connectivity index (χ2v) is 8.57. The molecule has 4 rings (SSSR count). The number of hydrogen-bond donors (Lipinski definition) is 0. The van der Waals surface area contributed by atoms with Crippen molar-refractivity contribution in [2.24, 2.45) is 0 Å². The number of benzene rings is 1. The highest BCUT2D eigenvalue weighted by molar-refractivity contribution is 7.18. The molecule has 0 aliphatic heterocycles. The van der Waals surface area contributed by atoms with E-state index in [9.17, 15) is 9.59 Å². The molecule has 1 amide bonds. The fourth-order valence-corrected chi connectivity index (χ4v) is 5.10. The molecule has 0 atom stereocenters. The SMILES string of the molecule is COc1cccc(CN(C)C(=O)CCn2cnc3sc4c(c3c2=O)CCCC4)c1. The normalized spacial score (nSPS) is 13.3. The summed E-state index contributed by atoms with van der Waals surface area (Å²) in [6.07, 6.45) is 6.16. The van der Waals surface area contributed by atoms with Crippen molar-refractivity contribution in [2.75, 3.05) is 14.2 Å². The lowest BCUT2D eigenvalue weighted by molar-refractivity contribution is -0.130. The van der Waals surface area contributed by atoms with Gasteiger partial charge in [-0.25, -0.2) is 4.98 Å². The number of carbonyl (C=O) groups excluding carboxylic acids is 1. The molecule has 3 aromatic rings. The molecule has 0 saturated carbocycles. The first-order valence-electron chi connectivity index (χ1n) is 9.93. The van der Waals surface area contributed by atoms with E-state index >= 15 is 0 Å². The summed E-state index contributed by atoms with van der Waals surface area (Å²) in [7, 11) is 3.41. The maximum absolute atomic E-state index is 13.0. The molecule has 1 aromatic carbocycles. The molecule has 6 nitrogen and oxygen atoms in total. The molecule has 0 radical (unpaired) electrons. The Hall–Kier alpha value is -2.67. The first kappa shape index (κ1) is 19.6. The zero-order valence-corrected chi connectivity index (χ0v) is 17.6. The van der Waals surface area contributed by atoms with Crippen LogP contribution >= 0.6 is 11.3 Å². The van der Waals surface area contributed by atoms with Crippen molar-refractivity contribution in [3.8, 4) is 5.75 Å². The molecule has 152 valence electrons. The average molecular weight is 412 g/mol. The van der Waals surface area contributed by atoms with Crippen molar-refractivity contribution in [1.82, 2.24) is 14.5 Å². The van der Waals surface area contributed by atoms with E-state index in [0.29, 0.717) is 13.1 Å². The van der Waals surface area contributed by atoms with Crippen molar-refractivity contribution in [1.29, 1.82) is 0 Å². The molecule has 0 spiro atoms. The van der Waals surface area contributed by atoms with Crippen molar-refractivity contribution in [3.63, 3.8) is 0 Å². The van der Waals surface area contributed by atoms with Crippen LogP contribution in [0.15, 0.2) is 35.4 Å². The fourth-order valence-electron chi connectivity index (χ4n) is 3.88. The van der Waals surface area contributed by atoms with Gasteiger partial charge in [-0.3, -0.25) is 14.2 Å². The number of nitrogens with zero attached hydrogens (tertiary/aromatic N) is 3. The number of rotatable bonds is 6. The first-order chi connectivity index (χ1) is 14.1. The molecule has 29 heavy (non-hydrogen) atoms. The van der Waals surface area contributed by atoms with Gasteiger partial charge in [0, 0.05) is 31.4 Å². The largest absolute Gasteiger partial charge is 0.497 e. The van der Waals surface area contributed by atoms with Crippen LogP contribution in [-0.4, -0.2) is 34.5 Å². The zero-order chi connectivity index (χ0) is 20.4. The van der Waals surface area contributed by atoms with Crippen LogP contribution in [0.25, 0.3) is 10.2 Å². The summed E-state index contributed by atoms with van der Waals surface area (Å²) in [6, 6.07) is 7.68. The number of thiophene rings is 1. The third kappa shape index (κ3) is 4.05. The molecular formula is C22H25N3O3S. The van der Waals surface area contributed by atoms with Crippen LogP contribution in [0.3, 0.4) is 0 Å². The monoisotopic (exact) mass is 411 g/mol. The number of fused-ring (bicyclic) bond motifs is 3. The minimum Gasteiger partial charge on any atom is -0.497 e. The van der Waals surface area contributed by atoms with Gasteiger partial charge in [-0.15, -0.1) is 11.3 Å². The molecule has 0 bridgehead atoms. The summed E-state index contributed by atoms with van der Waals surface area (Å²) in [5.74, 6) is 0.764. The number of methoxy groups -OCH3 is 1. The Balaban J connectivity index is 1.45.